The highest BCUT2D eigenvalue weighted by molar-refractivity contribution is 5.48. The lowest BCUT2D eigenvalue weighted by atomic mass is 10.0. The molecule has 1 unspecified atom stereocenters. The van der Waals surface area contributed by atoms with E-state index in [4.69, 9.17) is 4.74 Å². The maximum Gasteiger partial charge on any atom is 0.0805 e. The van der Waals surface area contributed by atoms with Gasteiger partial charge in [-0.05, 0) is 45.4 Å². The Morgan fingerprint density at radius 1 is 1.33 bits per heavy atom. The average Bonchev–Trinajstić information content (AvgIpc) is 2.26. The number of rotatable bonds is 2. The molecule has 0 saturated carbocycles. The Kier molecular flexibility index (Phi) is 3.64. The lowest BCUT2D eigenvalue weighted by molar-refractivity contribution is -0.0749. The van der Waals surface area contributed by atoms with E-state index in [9.17, 15) is 5.11 Å². The topological polar surface area (TPSA) is 32.7 Å². The van der Waals surface area contributed by atoms with Crippen LogP contribution in [0.15, 0.2) is 24.3 Å². The summed E-state index contributed by atoms with van der Waals surface area (Å²) in [6, 6.07) is 8.15. The van der Waals surface area contributed by atoms with Crippen molar-refractivity contribution < 1.29 is 9.84 Å². The molecule has 2 rings (SSSR count). The standard InChI is InChI=1S/C15H23NO2/c1-11-9-16(10-15(3,4)18-11)14-7-5-13(6-8-14)12(2)17/h5-8,11-12,17H,9-10H2,1-4H3/t11?,12-/m0/s1. The van der Waals surface area contributed by atoms with Crippen LogP contribution >= 0.6 is 0 Å². The summed E-state index contributed by atoms with van der Waals surface area (Å²) in [6.07, 6.45) is -0.163. The smallest absolute Gasteiger partial charge is 0.0805 e. The van der Waals surface area contributed by atoms with E-state index in [2.05, 4.69) is 37.8 Å². The summed E-state index contributed by atoms with van der Waals surface area (Å²) in [5, 5.41) is 9.52. The number of benzene rings is 1. The van der Waals surface area contributed by atoms with Crippen molar-refractivity contribution in [3.63, 3.8) is 0 Å². The van der Waals surface area contributed by atoms with Crippen molar-refractivity contribution in [2.24, 2.45) is 0 Å². The molecular weight excluding hydrogens is 226 g/mol. The molecule has 1 aromatic rings. The van der Waals surface area contributed by atoms with Gasteiger partial charge in [-0.25, -0.2) is 0 Å². The molecule has 3 heteroatoms. The lowest BCUT2D eigenvalue weighted by Crippen LogP contribution is -2.52. The van der Waals surface area contributed by atoms with Crippen LogP contribution in [0.3, 0.4) is 0 Å². The molecule has 0 bridgehead atoms. The Morgan fingerprint density at radius 2 is 1.94 bits per heavy atom. The SMILES string of the molecule is CC1CN(c2ccc([C@H](C)O)cc2)CC(C)(C)O1. The Morgan fingerprint density at radius 3 is 2.44 bits per heavy atom. The second-order valence-corrected chi connectivity index (χ2v) is 5.84. The van der Waals surface area contributed by atoms with Crippen LogP contribution in [-0.2, 0) is 4.74 Å². The zero-order valence-electron chi connectivity index (χ0n) is 11.7. The monoisotopic (exact) mass is 249 g/mol. The molecule has 0 aliphatic carbocycles. The summed E-state index contributed by atoms with van der Waals surface area (Å²) in [7, 11) is 0. The van der Waals surface area contributed by atoms with Crippen molar-refractivity contribution in [2.75, 3.05) is 18.0 Å². The van der Waals surface area contributed by atoms with Crippen molar-refractivity contribution in [1.29, 1.82) is 0 Å². The summed E-state index contributed by atoms with van der Waals surface area (Å²) in [4.78, 5) is 2.35. The summed E-state index contributed by atoms with van der Waals surface area (Å²) in [5.74, 6) is 0. The van der Waals surface area contributed by atoms with Crippen molar-refractivity contribution >= 4 is 5.69 Å². The molecule has 1 aromatic carbocycles. The van der Waals surface area contributed by atoms with Crippen molar-refractivity contribution in [1.82, 2.24) is 0 Å². The van der Waals surface area contributed by atoms with E-state index < -0.39 is 6.10 Å². The molecule has 1 N–H and O–H groups in total. The molecule has 1 heterocycles. The first kappa shape index (κ1) is 13.4. The molecule has 0 amide bonds. The van der Waals surface area contributed by atoms with Crippen LogP contribution in [0.2, 0.25) is 0 Å². The third-order valence-corrected chi connectivity index (χ3v) is 3.31. The molecule has 0 aromatic heterocycles. The predicted molar refractivity (Wildman–Crippen MR) is 73.9 cm³/mol. The fraction of sp³-hybridized carbons (Fsp3) is 0.600. The van der Waals surface area contributed by atoms with Gasteiger partial charge in [-0.2, -0.15) is 0 Å². The molecule has 100 valence electrons. The minimum absolute atomic E-state index is 0.111. The van der Waals surface area contributed by atoms with Gasteiger partial charge >= 0.3 is 0 Å². The first-order valence-corrected chi connectivity index (χ1v) is 6.58. The number of anilines is 1. The van der Waals surface area contributed by atoms with Crippen LogP contribution in [0.5, 0.6) is 0 Å². The first-order valence-electron chi connectivity index (χ1n) is 6.58. The number of nitrogens with zero attached hydrogens (tertiary/aromatic N) is 1. The van der Waals surface area contributed by atoms with Gasteiger partial charge in [0.25, 0.3) is 0 Å². The van der Waals surface area contributed by atoms with Gasteiger partial charge in [0, 0.05) is 18.8 Å². The highest BCUT2D eigenvalue weighted by Crippen LogP contribution is 2.26. The van der Waals surface area contributed by atoms with Crippen molar-refractivity contribution in [3.05, 3.63) is 29.8 Å². The first-order chi connectivity index (χ1) is 8.37. The van der Waals surface area contributed by atoms with Crippen LogP contribution in [0.25, 0.3) is 0 Å². The Hall–Kier alpha value is -1.06. The summed E-state index contributed by atoms with van der Waals surface area (Å²) in [5.41, 5.74) is 2.04. The van der Waals surface area contributed by atoms with Gasteiger partial charge in [-0.15, -0.1) is 0 Å². The Labute approximate surface area is 109 Å². The summed E-state index contributed by atoms with van der Waals surface area (Å²) >= 11 is 0. The highest BCUT2D eigenvalue weighted by Gasteiger charge is 2.31. The van der Waals surface area contributed by atoms with E-state index in [-0.39, 0.29) is 11.7 Å². The molecule has 1 saturated heterocycles. The molecule has 2 atom stereocenters. The molecule has 1 aliphatic rings. The zero-order chi connectivity index (χ0) is 13.3. The number of hydrogen-bond acceptors (Lipinski definition) is 3. The molecular formula is C15H23NO2. The van der Waals surface area contributed by atoms with Crippen LogP contribution in [0.4, 0.5) is 5.69 Å². The fourth-order valence-electron chi connectivity index (χ4n) is 2.61. The number of hydrogen-bond donors (Lipinski definition) is 1. The third-order valence-electron chi connectivity index (χ3n) is 3.31. The largest absolute Gasteiger partial charge is 0.389 e. The van der Waals surface area contributed by atoms with Crippen LogP contribution in [-0.4, -0.2) is 29.9 Å². The number of morpholine rings is 1. The molecule has 0 spiro atoms. The minimum Gasteiger partial charge on any atom is -0.389 e. The second-order valence-electron chi connectivity index (χ2n) is 5.84. The van der Waals surface area contributed by atoms with Crippen LogP contribution < -0.4 is 4.90 Å². The zero-order valence-corrected chi connectivity index (χ0v) is 11.7. The van der Waals surface area contributed by atoms with E-state index in [1.165, 1.54) is 5.69 Å². The quantitative estimate of drug-likeness (QED) is 0.874. The lowest BCUT2D eigenvalue weighted by Gasteiger charge is -2.43. The van der Waals surface area contributed by atoms with Crippen LogP contribution in [0.1, 0.15) is 39.4 Å². The second kappa shape index (κ2) is 4.90. The van der Waals surface area contributed by atoms with Crippen molar-refractivity contribution in [3.8, 4) is 0 Å². The number of aliphatic hydroxyl groups is 1. The van der Waals surface area contributed by atoms with Gasteiger partial charge in [0.15, 0.2) is 0 Å². The molecule has 3 nitrogen and oxygen atoms in total. The molecule has 0 radical (unpaired) electrons. The van der Waals surface area contributed by atoms with Gasteiger partial charge < -0.3 is 14.7 Å². The molecule has 18 heavy (non-hydrogen) atoms. The highest BCUT2D eigenvalue weighted by atomic mass is 16.5. The maximum absolute atomic E-state index is 9.52. The third kappa shape index (κ3) is 3.03. The fourth-order valence-corrected chi connectivity index (χ4v) is 2.61. The van der Waals surface area contributed by atoms with Gasteiger partial charge in [0.05, 0.1) is 17.8 Å². The van der Waals surface area contributed by atoms with Gasteiger partial charge in [-0.3, -0.25) is 0 Å². The Bertz CT molecular complexity index is 397. The Balaban J connectivity index is 2.15. The van der Waals surface area contributed by atoms with Gasteiger partial charge in [-0.1, -0.05) is 12.1 Å². The van der Waals surface area contributed by atoms with E-state index >= 15 is 0 Å². The molecule has 1 aliphatic heterocycles. The van der Waals surface area contributed by atoms with Gasteiger partial charge in [0.2, 0.25) is 0 Å². The van der Waals surface area contributed by atoms with E-state index in [1.54, 1.807) is 6.92 Å². The number of aliphatic hydroxyl groups excluding tert-OH is 1. The average molecular weight is 249 g/mol. The minimum atomic E-state index is -0.404. The summed E-state index contributed by atoms with van der Waals surface area (Å²) in [6.45, 7) is 9.95. The van der Waals surface area contributed by atoms with Crippen LogP contribution in [0, 0.1) is 0 Å². The normalized spacial score (nSPS) is 24.9. The summed E-state index contributed by atoms with van der Waals surface area (Å²) < 4.78 is 5.91. The van der Waals surface area contributed by atoms with Gasteiger partial charge in [0.1, 0.15) is 0 Å². The van der Waals surface area contributed by atoms with E-state index in [0.29, 0.717) is 0 Å². The van der Waals surface area contributed by atoms with E-state index in [1.807, 2.05) is 12.1 Å². The van der Waals surface area contributed by atoms with Crippen molar-refractivity contribution in [2.45, 2.75) is 45.5 Å². The van der Waals surface area contributed by atoms with E-state index in [0.717, 1.165) is 18.7 Å². The predicted octanol–water partition coefficient (Wildman–Crippen LogP) is 2.74. The molecule has 1 fully saturated rings. The maximum atomic E-state index is 9.52. The number of ether oxygens (including phenoxy) is 1.